The molecule has 0 saturated heterocycles. The molecule has 0 bridgehead atoms. The van der Waals surface area contributed by atoms with Gasteiger partial charge in [0.15, 0.2) is 0 Å². The van der Waals surface area contributed by atoms with Crippen molar-refractivity contribution in [3.05, 3.63) is 21.1 Å². The molecule has 0 radical (unpaired) electrons. The zero-order valence-corrected chi connectivity index (χ0v) is 14.1. The molecular formula is C12H16Br2N2O3. The van der Waals surface area contributed by atoms with Crippen LogP contribution in [0, 0.1) is 5.41 Å². The highest BCUT2D eigenvalue weighted by Crippen LogP contribution is 2.36. The molecule has 1 rings (SSSR count). The second-order valence-corrected chi connectivity index (χ2v) is 6.27. The Hall–Kier alpha value is -0.790. The number of amides is 1. The summed E-state index contributed by atoms with van der Waals surface area (Å²) in [6.07, 6.45) is 0. The van der Waals surface area contributed by atoms with Gasteiger partial charge in [-0.2, -0.15) is 0 Å². The van der Waals surface area contributed by atoms with E-state index in [1.54, 1.807) is 33.1 Å². The number of ether oxygens (including phenoxy) is 2. The number of hydrogen-bond donors (Lipinski definition) is 2. The summed E-state index contributed by atoms with van der Waals surface area (Å²) in [5.41, 5.74) is 1.40. The number of nitrogens with two attached hydrogens (primary N) is 1. The maximum absolute atomic E-state index is 11.6. The largest absolute Gasteiger partial charge is 0.496 e. The van der Waals surface area contributed by atoms with Crippen LogP contribution in [0.3, 0.4) is 0 Å². The molecule has 0 heterocycles. The minimum atomic E-state index is -0.722. The van der Waals surface area contributed by atoms with Crippen LogP contribution in [0.4, 0.5) is 0 Å². The van der Waals surface area contributed by atoms with Crippen LogP contribution in [0.1, 0.15) is 13.8 Å². The van der Waals surface area contributed by atoms with Gasteiger partial charge in [-0.1, -0.05) is 0 Å². The van der Waals surface area contributed by atoms with Crippen LogP contribution in [0.5, 0.6) is 11.5 Å². The lowest BCUT2D eigenvalue weighted by atomic mass is 9.94. The van der Waals surface area contributed by atoms with Crippen LogP contribution in [-0.4, -0.2) is 19.6 Å². The lowest BCUT2D eigenvalue weighted by Crippen LogP contribution is -2.44. The molecule has 0 fully saturated rings. The summed E-state index contributed by atoms with van der Waals surface area (Å²) in [4.78, 5) is 11.6. The number of methoxy groups -OCH3 is 1. The first kappa shape index (κ1) is 16.3. The summed E-state index contributed by atoms with van der Waals surface area (Å²) in [6.45, 7) is 3.71. The molecule has 106 valence electrons. The third-order valence-corrected chi connectivity index (χ3v) is 3.78. The molecule has 3 N–H and O–H groups in total. The average molecular weight is 396 g/mol. The smallest absolute Gasteiger partial charge is 0.242 e. The summed E-state index contributed by atoms with van der Waals surface area (Å²) in [5, 5.41) is 0. The number of benzene rings is 1. The number of hydrogen-bond acceptors (Lipinski definition) is 4. The molecule has 0 aliphatic rings. The lowest BCUT2D eigenvalue weighted by molar-refractivity contribution is -0.130. The summed E-state index contributed by atoms with van der Waals surface area (Å²) in [5.74, 6) is 6.16. The van der Waals surface area contributed by atoms with E-state index >= 15 is 0 Å². The van der Waals surface area contributed by atoms with Crippen molar-refractivity contribution < 1.29 is 14.3 Å². The number of carbonyl (C=O) groups is 1. The fourth-order valence-corrected chi connectivity index (χ4v) is 2.22. The van der Waals surface area contributed by atoms with Crippen LogP contribution < -0.4 is 20.7 Å². The molecule has 0 aliphatic heterocycles. The number of nitrogens with one attached hydrogen (secondary N) is 1. The van der Waals surface area contributed by atoms with Crippen LogP contribution in [-0.2, 0) is 4.79 Å². The Balaban J connectivity index is 2.84. The van der Waals surface area contributed by atoms with Crippen LogP contribution in [0.25, 0.3) is 0 Å². The van der Waals surface area contributed by atoms with Crippen LogP contribution in [0.15, 0.2) is 21.1 Å². The van der Waals surface area contributed by atoms with Gasteiger partial charge in [-0.25, -0.2) is 5.84 Å². The molecule has 0 aromatic heterocycles. The van der Waals surface area contributed by atoms with Crippen molar-refractivity contribution in [2.24, 2.45) is 11.3 Å². The van der Waals surface area contributed by atoms with Gasteiger partial charge in [0.05, 0.1) is 21.5 Å². The van der Waals surface area contributed by atoms with E-state index in [9.17, 15) is 4.79 Å². The van der Waals surface area contributed by atoms with E-state index in [0.717, 1.165) is 8.95 Å². The molecule has 1 amide bonds. The minimum Gasteiger partial charge on any atom is -0.496 e. The van der Waals surface area contributed by atoms with Crippen LogP contribution >= 0.6 is 31.9 Å². The second-order valence-electron chi connectivity index (χ2n) is 4.56. The normalized spacial score (nSPS) is 11.1. The topological polar surface area (TPSA) is 73.6 Å². The van der Waals surface area contributed by atoms with Gasteiger partial charge in [0, 0.05) is 0 Å². The van der Waals surface area contributed by atoms with Gasteiger partial charge in [-0.3, -0.25) is 10.2 Å². The number of halogens is 2. The molecule has 7 heteroatoms. The summed E-state index contributed by atoms with van der Waals surface area (Å²) < 4.78 is 12.3. The van der Waals surface area contributed by atoms with E-state index in [1.807, 2.05) is 0 Å². The van der Waals surface area contributed by atoms with Crippen molar-refractivity contribution in [1.82, 2.24) is 5.43 Å². The lowest BCUT2D eigenvalue weighted by Gasteiger charge is -2.23. The predicted octanol–water partition coefficient (Wildman–Crippen LogP) is 2.62. The number of hydrazine groups is 1. The monoisotopic (exact) mass is 394 g/mol. The molecule has 0 unspecified atom stereocenters. The second kappa shape index (κ2) is 6.58. The molecule has 19 heavy (non-hydrogen) atoms. The summed E-state index contributed by atoms with van der Waals surface area (Å²) >= 11 is 6.77. The molecule has 0 saturated carbocycles. The first-order chi connectivity index (χ1) is 8.81. The molecule has 5 nitrogen and oxygen atoms in total. The van der Waals surface area contributed by atoms with E-state index in [2.05, 4.69) is 37.3 Å². The van der Waals surface area contributed by atoms with Crippen molar-refractivity contribution in [2.45, 2.75) is 13.8 Å². The standard InChI is InChI=1S/C12H16Br2N2O3/c1-12(2,11(17)16-15)6-19-10-5-7(13)9(18-3)4-8(10)14/h4-5H,6,15H2,1-3H3,(H,16,17). The molecule has 1 aromatic carbocycles. The fourth-order valence-electron chi connectivity index (χ4n) is 1.30. The molecule has 1 aromatic rings. The van der Waals surface area contributed by atoms with Crippen molar-refractivity contribution >= 4 is 37.8 Å². The Morgan fingerprint density at radius 3 is 2.37 bits per heavy atom. The Kier molecular flexibility index (Phi) is 5.64. The van der Waals surface area contributed by atoms with E-state index in [0.29, 0.717) is 11.5 Å². The van der Waals surface area contributed by atoms with E-state index in [4.69, 9.17) is 15.3 Å². The Morgan fingerprint density at radius 1 is 1.32 bits per heavy atom. The number of carbonyl (C=O) groups excluding carboxylic acids is 1. The molecular weight excluding hydrogens is 380 g/mol. The summed E-state index contributed by atoms with van der Waals surface area (Å²) in [6, 6.07) is 3.56. The predicted molar refractivity (Wildman–Crippen MR) is 80.0 cm³/mol. The van der Waals surface area contributed by atoms with Crippen LogP contribution in [0.2, 0.25) is 0 Å². The SMILES string of the molecule is COc1cc(Br)c(OCC(C)(C)C(=O)NN)cc1Br. The number of rotatable bonds is 5. The Morgan fingerprint density at radius 2 is 1.84 bits per heavy atom. The highest BCUT2D eigenvalue weighted by molar-refractivity contribution is 9.11. The quantitative estimate of drug-likeness (QED) is 0.456. The maximum atomic E-state index is 11.6. The van der Waals surface area contributed by atoms with E-state index < -0.39 is 5.41 Å². The average Bonchev–Trinajstić information content (AvgIpc) is 2.38. The molecule has 0 atom stereocenters. The highest BCUT2D eigenvalue weighted by atomic mass is 79.9. The zero-order valence-electron chi connectivity index (χ0n) is 10.9. The Labute approximate surface area is 129 Å². The minimum absolute atomic E-state index is 0.202. The van der Waals surface area contributed by atoms with Gasteiger partial charge >= 0.3 is 0 Å². The summed E-state index contributed by atoms with van der Waals surface area (Å²) in [7, 11) is 1.59. The first-order valence-corrected chi connectivity index (χ1v) is 7.07. The van der Waals surface area contributed by atoms with E-state index in [-0.39, 0.29) is 12.5 Å². The van der Waals surface area contributed by atoms with Crippen molar-refractivity contribution in [3.8, 4) is 11.5 Å². The zero-order chi connectivity index (χ0) is 14.6. The van der Waals surface area contributed by atoms with Gasteiger partial charge in [0.25, 0.3) is 0 Å². The van der Waals surface area contributed by atoms with Crippen molar-refractivity contribution in [1.29, 1.82) is 0 Å². The van der Waals surface area contributed by atoms with Gasteiger partial charge in [-0.15, -0.1) is 0 Å². The fraction of sp³-hybridized carbons (Fsp3) is 0.417. The van der Waals surface area contributed by atoms with Crippen molar-refractivity contribution in [2.75, 3.05) is 13.7 Å². The highest BCUT2D eigenvalue weighted by Gasteiger charge is 2.28. The van der Waals surface area contributed by atoms with Crippen molar-refractivity contribution in [3.63, 3.8) is 0 Å². The molecule has 0 spiro atoms. The van der Waals surface area contributed by atoms with E-state index in [1.165, 1.54) is 0 Å². The maximum Gasteiger partial charge on any atom is 0.242 e. The van der Waals surface area contributed by atoms with Gasteiger partial charge < -0.3 is 9.47 Å². The van der Waals surface area contributed by atoms with Gasteiger partial charge in [0.1, 0.15) is 18.1 Å². The first-order valence-electron chi connectivity index (χ1n) is 5.48. The third kappa shape index (κ3) is 4.09. The Bertz CT molecular complexity index is 478. The third-order valence-electron chi connectivity index (χ3n) is 2.54. The van der Waals surface area contributed by atoms with Gasteiger partial charge in [-0.05, 0) is 57.8 Å². The van der Waals surface area contributed by atoms with Gasteiger partial charge in [0.2, 0.25) is 5.91 Å². The molecule has 0 aliphatic carbocycles.